The Bertz CT molecular complexity index is 247. The first kappa shape index (κ1) is 13.3. The number of nitrogens with zero attached hydrogens (tertiary/aromatic N) is 1. The van der Waals surface area contributed by atoms with Crippen molar-refractivity contribution in [1.82, 2.24) is 4.90 Å². The van der Waals surface area contributed by atoms with Crippen LogP contribution in [0.2, 0.25) is 0 Å². The van der Waals surface area contributed by atoms with E-state index in [1.54, 1.807) is 4.90 Å². The molecule has 1 fully saturated rings. The van der Waals surface area contributed by atoms with Crippen molar-refractivity contribution < 1.29 is 14.6 Å². The van der Waals surface area contributed by atoms with E-state index in [2.05, 4.69) is 6.92 Å². The smallest absolute Gasteiger partial charge is 0.410 e. The van der Waals surface area contributed by atoms with Crippen molar-refractivity contribution in [2.45, 2.75) is 52.2 Å². The highest BCUT2D eigenvalue weighted by molar-refractivity contribution is 5.68. The second-order valence-electron chi connectivity index (χ2n) is 5.65. The van der Waals surface area contributed by atoms with Gasteiger partial charge in [0.2, 0.25) is 0 Å². The molecular weight excluding hydrogens is 206 g/mol. The summed E-state index contributed by atoms with van der Waals surface area (Å²) in [4.78, 5) is 13.6. The Morgan fingerprint density at radius 1 is 1.44 bits per heavy atom. The fourth-order valence-corrected chi connectivity index (χ4v) is 1.94. The highest BCUT2D eigenvalue weighted by Crippen LogP contribution is 2.23. The Hall–Kier alpha value is -0.770. The number of rotatable bonds is 1. The normalized spacial score (nSPS) is 26.7. The topological polar surface area (TPSA) is 49.8 Å². The molecule has 0 spiro atoms. The van der Waals surface area contributed by atoms with Crippen LogP contribution in [-0.4, -0.2) is 40.9 Å². The van der Waals surface area contributed by atoms with Gasteiger partial charge in [0.05, 0.1) is 12.6 Å². The minimum absolute atomic E-state index is 0.0198. The molecular formula is C12H23NO3. The number of ether oxygens (including phenoxy) is 1. The molecule has 0 saturated carbocycles. The molecule has 16 heavy (non-hydrogen) atoms. The molecule has 1 aliphatic rings. The van der Waals surface area contributed by atoms with Crippen molar-refractivity contribution >= 4 is 6.09 Å². The van der Waals surface area contributed by atoms with E-state index in [1.165, 1.54) is 0 Å². The van der Waals surface area contributed by atoms with Crippen LogP contribution in [0.25, 0.3) is 0 Å². The summed E-state index contributed by atoms with van der Waals surface area (Å²) in [6, 6.07) is -0.0777. The number of hydrogen-bond acceptors (Lipinski definition) is 3. The Morgan fingerprint density at radius 2 is 2.06 bits per heavy atom. The Labute approximate surface area is 97.6 Å². The maximum atomic E-state index is 11.9. The third kappa shape index (κ3) is 3.67. The summed E-state index contributed by atoms with van der Waals surface area (Å²) in [5, 5.41) is 9.25. The van der Waals surface area contributed by atoms with Crippen molar-refractivity contribution in [2.75, 3.05) is 13.2 Å². The van der Waals surface area contributed by atoms with E-state index in [-0.39, 0.29) is 18.7 Å². The van der Waals surface area contributed by atoms with E-state index in [1.807, 2.05) is 20.8 Å². The molecule has 1 rings (SSSR count). The molecule has 0 aromatic rings. The highest BCUT2D eigenvalue weighted by Gasteiger charge is 2.32. The van der Waals surface area contributed by atoms with Crippen LogP contribution in [0.15, 0.2) is 0 Å². The molecule has 1 N–H and O–H groups in total. The quantitative estimate of drug-likeness (QED) is 0.748. The second-order valence-corrected chi connectivity index (χ2v) is 5.65. The number of aliphatic hydroxyl groups is 1. The van der Waals surface area contributed by atoms with Gasteiger partial charge in [-0.3, -0.25) is 0 Å². The molecule has 94 valence electrons. The first-order valence-corrected chi connectivity index (χ1v) is 5.94. The molecule has 1 heterocycles. The zero-order valence-electron chi connectivity index (χ0n) is 10.7. The molecule has 1 amide bonds. The van der Waals surface area contributed by atoms with Crippen molar-refractivity contribution in [3.63, 3.8) is 0 Å². The maximum absolute atomic E-state index is 11.9. The van der Waals surface area contributed by atoms with Crippen LogP contribution in [0.1, 0.15) is 40.5 Å². The second kappa shape index (κ2) is 5.04. The van der Waals surface area contributed by atoms with Gasteiger partial charge in [0.1, 0.15) is 5.60 Å². The predicted octanol–water partition coefficient (Wildman–Crippen LogP) is 2.01. The van der Waals surface area contributed by atoms with E-state index in [4.69, 9.17) is 4.74 Å². The molecule has 0 aliphatic carbocycles. The number of carbonyl (C=O) groups is 1. The van der Waals surface area contributed by atoms with Crippen LogP contribution in [-0.2, 0) is 4.74 Å². The lowest BCUT2D eigenvalue weighted by molar-refractivity contribution is -0.00476. The molecule has 0 bridgehead atoms. The van der Waals surface area contributed by atoms with Crippen LogP contribution in [0.3, 0.4) is 0 Å². The Kier molecular flexibility index (Phi) is 4.19. The number of aliphatic hydroxyl groups excluding tert-OH is 1. The minimum atomic E-state index is -0.474. The van der Waals surface area contributed by atoms with E-state index in [0.717, 1.165) is 12.8 Å². The molecule has 4 heteroatoms. The van der Waals surface area contributed by atoms with Crippen molar-refractivity contribution in [3.8, 4) is 0 Å². The molecule has 1 aliphatic heterocycles. The highest BCUT2D eigenvalue weighted by atomic mass is 16.6. The van der Waals surface area contributed by atoms with Crippen LogP contribution in [0.5, 0.6) is 0 Å². The number of piperidine rings is 1. The van der Waals surface area contributed by atoms with E-state index in [0.29, 0.717) is 12.5 Å². The van der Waals surface area contributed by atoms with Crippen molar-refractivity contribution in [2.24, 2.45) is 5.92 Å². The average Bonchev–Trinajstić information content (AvgIpc) is 2.15. The summed E-state index contributed by atoms with van der Waals surface area (Å²) in [7, 11) is 0. The summed E-state index contributed by atoms with van der Waals surface area (Å²) < 4.78 is 5.33. The monoisotopic (exact) mass is 229 g/mol. The van der Waals surface area contributed by atoms with Gasteiger partial charge < -0.3 is 14.7 Å². The molecule has 2 atom stereocenters. The van der Waals surface area contributed by atoms with Gasteiger partial charge in [-0.1, -0.05) is 6.92 Å². The Morgan fingerprint density at radius 3 is 2.56 bits per heavy atom. The zero-order valence-corrected chi connectivity index (χ0v) is 10.7. The fourth-order valence-electron chi connectivity index (χ4n) is 1.94. The maximum Gasteiger partial charge on any atom is 0.410 e. The third-order valence-electron chi connectivity index (χ3n) is 2.78. The van der Waals surface area contributed by atoms with Gasteiger partial charge in [-0.05, 0) is 39.5 Å². The van der Waals surface area contributed by atoms with E-state index in [9.17, 15) is 9.90 Å². The van der Waals surface area contributed by atoms with Crippen LogP contribution >= 0.6 is 0 Å². The van der Waals surface area contributed by atoms with Crippen LogP contribution in [0.4, 0.5) is 4.79 Å². The number of likely N-dealkylation sites (tertiary alicyclic amines) is 1. The van der Waals surface area contributed by atoms with Crippen LogP contribution < -0.4 is 0 Å². The fraction of sp³-hybridized carbons (Fsp3) is 0.917. The van der Waals surface area contributed by atoms with Gasteiger partial charge in [0.25, 0.3) is 0 Å². The molecule has 0 unspecified atom stereocenters. The zero-order chi connectivity index (χ0) is 12.3. The Balaban J connectivity index is 2.63. The van der Waals surface area contributed by atoms with Gasteiger partial charge >= 0.3 is 6.09 Å². The SMILES string of the molecule is C[C@H]1CC[C@H](CO)N(C(=O)OC(C)(C)C)C1. The lowest BCUT2D eigenvalue weighted by Crippen LogP contribution is -2.49. The first-order valence-electron chi connectivity index (χ1n) is 5.94. The molecule has 0 aromatic carbocycles. The summed E-state index contributed by atoms with van der Waals surface area (Å²) in [5.41, 5.74) is -0.474. The predicted molar refractivity (Wildman–Crippen MR) is 62.2 cm³/mol. The van der Waals surface area contributed by atoms with Gasteiger partial charge in [-0.15, -0.1) is 0 Å². The summed E-state index contributed by atoms with van der Waals surface area (Å²) in [6.07, 6.45) is 1.61. The lowest BCUT2D eigenvalue weighted by atomic mass is 9.95. The molecule has 0 aromatic heterocycles. The lowest BCUT2D eigenvalue weighted by Gasteiger charge is -2.38. The van der Waals surface area contributed by atoms with Gasteiger partial charge in [0, 0.05) is 6.54 Å². The first-order chi connectivity index (χ1) is 7.33. The van der Waals surface area contributed by atoms with Crippen LogP contribution in [0, 0.1) is 5.92 Å². The summed E-state index contributed by atoms with van der Waals surface area (Å²) >= 11 is 0. The average molecular weight is 229 g/mol. The standard InChI is InChI=1S/C12H23NO3/c1-9-5-6-10(8-14)13(7-9)11(15)16-12(2,3)4/h9-10,14H,5-8H2,1-4H3/t9-,10+/m0/s1. The largest absolute Gasteiger partial charge is 0.444 e. The third-order valence-corrected chi connectivity index (χ3v) is 2.78. The van der Waals surface area contributed by atoms with Crippen molar-refractivity contribution in [3.05, 3.63) is 0 Å². The van der Waals surface area contributed by atoms with E-state index >= 15 is 0 Å². The number of carbonyl (C=O) groups excluding carboxylic acids is 1. The van der Waals surface area contributed by atoms with E-state index < -0.39 is 5.60 Å². The molecule has 0 radical (unpaired) electrons. The van der Waals surface area contributed by atoms with Crippen molar-refractivity contribution in [1.29, 1.82) is 0 Å². The summed E-state index contributed by atoms with van der Waals surface area (Å²) in [5.74, 6) is 0.482. The van der Waals surface area contributed by atoms with Gasteiger partial charge in [0.15, 0.2) is 0 Å². The minimum Gasteiger partial charge on any atom is -0.444 e. The summed E-state index contributed by atoms with van der Waals surface area (Å²) in [6.45, 7) is 8.38. The molecule has 4 nitrogen and oxygen atoms in total. The van der Waals surface area contributed by atoms with Gasteiger partial charge in [-0.2, -0.15) is 0 Å². The van der Waals surface area contributed by atoms with Gasteiger partial charge in [-0.25, -0.2) is 4.79 Å². The molecule has 1 saturated heterocycles. The number of hydrogen-bond donors (Lipinski definition) is 1. The number of amides is 1.